The van der Waals surface area contributed by atoms with E-state index in [0.717, 1.165) is 34.9 Å². The summed E-state index contributed by atoms with van der Waals surface area (Å²) in [5.41, 5.74) is 2.26. The SMILES string of the molecule is Cc1cccc(C)c1OCCNC(=O)CC1CSCCN1. The van der Waals surface area contributed by atoms with E-state index in [4.69, 9.17) is 4.74 Å². The fourth-order valence-electron chi connectivity index (χ4n) is 2.42. The largest absolute Gasteiger partial charge is 0.491 e. The average molecular weight is 308 g/mol. The number of benzene rings is 1. The lowest BCUT2D eigenvalue weighted by atomic mass is 10.1. The first kappa shape index (κ1) is 16.2. The molecule has 1 unspecified atom stereocenters. The summed E-state index contributed by atoms with van der Waals surface area (Å²) >= 11 is 1.91. The van der Waals surface area contributed by atoms with Gasteiger partial charge in [-0.25, -0.2) is 0 Å². The van der Waals surface area contributed by atoms with Gasteiger partial charge < -0.3 is 15.4 Å². The molecule has 0 aliphatic carbocycles. The van der Waals surface area contributed by atoms with Crippen LogP contribution in [-0.4, -0.2) is 43.2 Å². The molecule has 1 aliphatic rings. The zero-order valence-corrected chi connectivity index (χ0v) is 13.6. The van der Waals surface area contributed by atoms with Crippen molar-refractivity contribution in [2.24, 2.45) is 0 Å². The van der Waals surface area contributed by atoms with Gasteiger partial charge in [0, 0.05) is 30.5 Å². The molecule has 0 aromatic heterocycles. The quantitative estimate of drug-likeness (QED) is 0.788. The molecule has 4 nitrogen and oxygen atoms in total. The lowest BCUT2D eigenvalue weighted by molar-refractivity contribution is -0.121. The second kappa shape index (κ2) is 8.29. The van der Waals surface area contributed by atoms with Crippen LogP contribution in [0, 0.1) is 13.8 Å². The number of hydrogen-bond acceptors (Lipinski definition) is 4. The highest BCUT2D eigenvalue weighted by Gasteiger charge is 2.16. The molecule has 21 heavy (non-hydrogen) atoms. The monoisotopic (exact) mass is 308 g/mol. The number of ether oxygens (including phenoxy) is 1. The molecule has 1 aromatic carbocycles. The lowest BCUT2D eigenvalue weighted by Gasteiger charge is -2.22. The Balaban J connectivity index is 1.66. The Morgan fingerprint density at radius 2 is 2.19 bits per heavy atom. The minimum atomic E-state index is 0.0973. The van der Waals surface area contributed by atoms with Crippen LogP contribution in [0.15, 0.2) is 18.2 Å². The van der Waals surface area contributed by atoms with Crippen molar-refractivity contribution in [1.82, 2.24) is 10.6 Å². The van der Waals surface area contributed by atoms with Crippen molar-refractivity contribution in [3.8, 4) is 5.75 Å². The number of thioether (sulfide) groups is 1. The molecule has 2 N–H and O–H groups in total. The van der Waals surface area contributed by atoms with E-state index in [1.165, 1.54) is 0 Å². The minimum Gasteiger partial charge on any atom is -0.491 e. The predicted octanol–water partition coefficient (Wildman–Crippen LogP) is 1.89. The van der Waals surface area contributed by atoms with Gasteiger partial charge in [0.15, 0.2) is 0 Å². The highest BCUT2D eigenvalue weighted by Crippen LogP contribution is 2.21. The van der Waals surface area contributed by atoms with E-state index in [9.17, 15) is 4.79 Å². The van der Waals surface area contributed by atoms with Gasteiger partial charge >= 0.3 is 0 Å². The molecule has 0 spiro atoms. The number of aryl methyl sites for hydroxylation is 2. The van der Waals surface area contributed by atoms with Gasteiger partial charge in [-0.3, -0.25) is 4.79 Å². The number of carbonyl (C=O) groups excluding carboxylic acids is 1. The summed E-state index contributed by atoms with van der Waals surface area (Å²) in [7, 11) is 0. The van der Waals surface area contributed by atoms with Gasteiger partial charge in [0.2, 0.25) is 5.91 Å². The standard InChI is InChI=1S/C16H24N2O2S/c1-12-4-3-5-13(2)16(12)20-8-6-18-15(19)10-14-11-21-9-7-17-14/h3-5,14,17H,6-11H2,1-2H3,(H,18,19). The third-order valence-electron chi connectivity index (χ3n) is 3.51. The molecule has 5 heteroatoms. The number of nitrogens with one attached hydrogen (secondary N) is 2. The third kappa shape index (κ3) is 5.25. The molecule has 0 saturated carbocycles. The maximum Gasteiger partial charge on any atom is 0.221 e. The van der Waals surface area contributed by atoms with Crippen molar-refractivity contribution < 1.29 is 9.53 Å². The van der Waals surface area contributed by atoms with Crippen LogP contribution >= 0.6 is 11.8 Å². The smallest absolute Gasteiger partial charge is 0.221 e. The van der Waals surface area contributed by atoms with E-state index in [0.29, 0.717) is 25.6 Å². The Labute approximate surface area is 131 Å². The molecule has 0 radical (unpaired) electrons. The van der Waals surface area contributed by atoms with Crippen molar-refractivity contribution in [3.63, 3.8) is 0 Å². The van der Waals surface area contributed by atoms with Gasteiger partial charge in [-0.05, 0) is 25.0 Å². The number of para-hydroxylation sites is 1. The van der Waals surface area contributed by atoms with Crippen LogP contribution in [-0.2, 0) is 4.79 Å². The molecule has 1 fully saturated rings. The first-order chi connectivity index (χ1) is 10.2. The fraction of sp³-hybridized carbons (Fsp3) is 0.562. The van der Waals surface area contributed by atoms with Crippen LogP contribution in [0.3, 0.4) is 0 Å². The van der Waals surface area contributed by atoms with Gasteiger partial charge in [0.25, 0.3) is 0 Å². The Morgan fingerprint density at radius 3 is 2.86 bits per heavy atom. The molecule has 1 aliphatic heterocycles. The number of hydrogen-bond donors (Lipinski definition) is 2. The van der Waals surface area contributed by atoms with E-state index in [1.54, 1.807) is 0 Å². The van der Waals surface area contributed by atoms with E-state index >= 15 is 0 Å². The summed E-state index contributed by atoms with van der Waals surface area (Å²) in [6, 6.07) is 6.40. The lowest BCUT2D eigenvalue weighted by Crippen LogP contribution is -2.41. The molecule has 1 heterocycles. The van der Waals surface area contributed by atoms with E-state index in [1.807, 2.05) is 43.8 Å². The number of rotatable bonds is 6. The Kier molecular flexibility index (Phi) is 6.39. The molecule has 1 aromatic rings. The van der Waals surface area contributed by atoms with E-state index in [-0.39, 0.29) is 5.91 Å². The molecule has 116 valence electrons. The summed E-state index contributed by atoms with van der Waals surface area (Å²) in [5.74, 6) is 3.19. The van der Waals surface area contributed by atoms with Crippen molar-refractivity contribution in [2.75, 3.05) is 31.2 Å². The van der Waals surface area contributed by atoms with Gasteiger partial charge in [-0.1, -0.05) is 18.2 Å². The highest BCUT2D eigenvalue weighted by atomic mass is 32.2. The van der Waals surface area contributed by atoms with Crippen LogP contribution < -0.4 is 15.4 Å². The Hall–Kier alpha value is -1.20. The summed E-state index contributed by atoms with van der Waals surface area (Å²) < 4.78 is 5.77. The Morgan fingerprint density at radius 1 is 1.43 bits per heavy atom. The maximum atomic E-state index is 11.8. The van der Waals surface area contributed by atoms with Crippen LogP contribution in [0.2, 0.25) is 0 Å². The summed E-state index contributed by atoms with van der Waals surface area (Å²) in [4.78, 5) is 11.8. The second-order valence-electron chi connectivity index (χ2n) is 5.35. The predicted molar refractivity (Wildman–Crippen MR) is 88.2 cm³/mol. The van der Waals surface area contributed by atoms with Gasteiger partial charge in [0.05, 0.1) is 6.54 Å². The zero-order valence-electron chi connectivity index (χ0n) is 12.8. The Bertz CT molecular complexity index is 453. The van der Waals surface area contributed by atoms with Crippen molar-refractivity contribution in [2.45, 2.75) is 26.3 Å². The van der Waals surface area contributed by atoms with E-state index < -0.39 is 0 Å². The second-order valence-corrected chi connectivity index (χ2v) is 6.50. The van der Waals surface area contributed by atoms with Crippen molar-refractivity contribution in [3.05, 3.63) is 29.3 Å². The molecule has 1 atom stereocenters. The van der Waals surface area contributed by atoms with Crippen LogP contribution in [0.25, 0.3) is 0 Å². The molecule has 1 saturated heterocycles. The number of amides is 1. The average Bonchev–Trinajstić information content (AvgIpc) is 2.47. The first-order valence-electron chi connectivity index (χ1n) is 7.43. The minimum absolute atomic E-state index is 0.0973. The van der Waals surface area contributed by atoms with Gasteiger partial charge in [-0.2, -0.15) is 11.8 Å². The maximum absolute atomic E-state index is 11.8. The van der Waals surface area contributed by atoms with E-state index in [2.05, 4.69) is 10.6 Å². The summed E-state index contributed by atoms with van der Waals surface area (Å²) in [5, 5.41) is 6.29. The van der Waals surface area contributed by atoms with Gasteiger partial charge in [0.1, 0.15) is 12.4 Å². The topological polar surface area (TPSA) is 50.4 Å². The van der Waals surface area contributed by atoms with Crippen LogP contribution in [0.5, 0.6) is 5.75 Å². The molecular weight excluding hydrogens is 284 g/mol. The van der Waals surface area contributed by atoms with Crippen molar-refractivity contribution in [1.29, 1.82) is 0 Å². The van der Waals surface area contributed by atoms with Crippen LogP contribution in [0.1, 0.15) is 17.5 Å². The number of carbonyl (C=O) groups is 1. The van der Waals surface area contributed by atoms with Crippen LogP contribution in [0.4, 0.5) is 0 Å². The highest BCUT2D eigenvalue weighted by molar-refractivity contribution is 7.99. The molecular formula is C16H24N2O2S. The fourth-order valence-corrected chi connectivity index (χ4v) is 3.37. The molecule has 2 rings (SSSR count). The normalized spacial score (nSPS) is 18.3. The zero-order chi connectivity index (χ0) is 15.1. The first-order valence-corrected chi connectivity index (χ1v) is 8.59. The van der Waals surface area contributed by atoms with Crippen molar-refractivity contribution >= 4 is 17.7 Å². The summed E-state index contributed by atoms with van der Waals surface area (Å²) in [6.07, 6.45) is 0.552. The molecule has 1 amide bonds. The van der Waals surface area contributed by atoms with Gasteiger partial charge in [-0.15, -0.1) is 0 Å². The third-order valence-corrected chi connectivity index (χ3v) is 4.64. The summed E-state index contributed by atoms with van der Waals surface area (Å²) in [6.45, 7) is 6.12. The molecule has 0 bridgehead atoms.